The molecule has 0 aliphatic heterocycles. The number of aromatic nitrogens is 2. The second-order valence-corrected chi connectivity index (χ2v) is 5.63. The molecule has 1 N–H and O–H groups in total. The largest absolute Gasteiger partial charge is 0.352 e. The summed E-state index contributed by atoms with van der Waals surface area (Å²) in [5.41, 5.74) is 0.621. The second kappa shape index (κ2) is 6.91. The van der Waals surface area contributed by atoms with Gasteiger partial charge in [0.25, 0.3) is 5.91 Å². The van der Waals surface area contributed by atoms with Crippen molar-refractivity contribution in [3.05, 3.63) is 51.1 Å². The summed E-state index contributed by atoms with van der Waals surface area (Å²) in [6.45, 7) is 1.46. The van der Waals surface area contributed by atoms with Gasteiger partial charge in [-0.1, -0.05) is 11.6 Å². The normalized spacial score (nSPS) is 10.4. The van der Waals surface area contributed by atoms with Crippen molar-refractivity contribution >= 4 is 40.1 Å². The number of aryl methyl sites for hydroxylation is 1. The van der Waals surface area contributed by atoms with Gasteiger partial charge in [-0.15, -0.1) is 0 Å². The lowest BCUT2D eigenvalue weighted by molar-refractivity contribution is 0.0952. The molecule has 0 fully saturated rings. The lowest BCUT2D eigenvalue weighted by Gasteiger charge is -2.07. The molecule has 19 heavy (non-hydrogen) atoms. The maximum atomic E-state index is 12.0. The van der Waals surface area contributed by atoms with Crippen molar-refractivity contribution in [3.63, 3.8) is 0 Å². The van der Waals surface area contributed by atoms with E-state index in [1.54, 1.807) is 24.7 Å². The molecule has 1 heterocycles. The second-order valence-electron chi connectivity index (χ2n) is 4.03. The summed E-state index contributed by atoms with van der Waals surface area (Å²) in [7, 11) is 0. The van der Waals surface area contributed by atoms with Crippen molar-refractivity contribution in [3.8, 4) is 0 Å². The van der Waals surface area contributed by atoms with Crippen molar-refractivity contribution in [2.24, 2.45) is 0 Å². The molecule has 0 saturated heterocycles. The predicted octanol–water partition coefficient (Wildman–Crippen LogP) is 2.96. The molecule has 4 nitrogen and oxygen atoms in total. The fraction of sp³-hybridized carbons (Fsp3) is 0.231. The van der Waals surface area contributed by atoms with Gasteiger partial charge in [0.1, 0.15) is 0 Å². The first-order valence-corrected chi connectivity index (χ1v) is 7.31. The van der Waals surface area contributed by atoms with Crippen LogP contribution in [-0.4, -0.2) is 22.0 Å². The van der Waals surface area contributed by atoms with Crippen LogP contribution in [0.5, 0.6) is 0 Å². The maximum absolute atomic E-state index is 12.0. The van der Waals surface area contributed by atoms with Crippen LogP contribution in [0, 0.1) is 3.57 Å². The minimum absolute atomic E-state index is 0.0856. The quantitative estimate of drug-likeness (QED) is 0.631. The van der Waals surface area contributed by atoms with Crippen LogP contribution in [0.15, 0.2) is 36.9 Å². The van der Waals surface area contributed by atoms with Gasteiger partial charge in [0.2, 0.25) is 0 Å². The molecular formula is C13H13ClIN3O. The Balaban J connectivity index is 1.82. The number of nitrogens with zero attached hydrogens (tertiary/aromatic N) is 2. The van der Waals surface area contributed by atoms with Crippen molar-refractivity contribution in [1.29, 1.82) is 0 Å². The first kappa shape index (κ1) is 14.3. The molecule has 100 valence electrons. The highest BCUT2D eigenvalue weighted by Crippen LogP contribution is 2.17. The Kier molecular flexibility index (Phi) is 5.21. The van der Waals surface area contributed by atoms with Gasteiger partial charge in [-0.2, -0.15) is 0 Å². The molecule has 0 saturated carbocycles. The Hall–Kier alpha value is -1.08. The molecule has 0 aliphatic carbocycles. The molecule has 1 amide bonds. The number of hydrogen-bond donors (Lipinski definition) is 1. The molecule has 2 rings (SSSR count). The maximum Gasteiger partial charge on any atom is 0.252 e. The molecule has 0 aliphatic rings. The summed E-state index contributed by atoms with van der Waals surface area (Å²) in [6.07, 6.45) is 6.27. The summed E-state index contributed by atoms with van der Waals surface area (Å²) in [5, 5.41) is 3.47. The van der Waals surface area contributed by atoms with Crippen molar-refractivity contribution in [2.75, 3.05) is 6.54 Å². The number of carbonyl (C=O) groups excluding carboxylic acids is 1. The van der Waals surface area contributed by atoms with Gasteiger partial charge in [-0.3, -0.25) is 4.79 Å². The van der Waals surface area contributed by atoms with E-state index in [1.165, 1.54) is 0 Å². The Morgan fingerprint density at radius 3 is 3.05 bits per heavy atom. The van der Waals surface area contributed by atoms with E-state index in [2.05, 4.69) is 32.9 Å². The lowest BCUT2D eigenvalue weighted by Crippen LogP contribution is -2.26. The van der Waals surface area contributed by atoms with E-state index >= 15 is 0 Å². The monoisotopic (exact) mass is 389 g/mol. The van der Waals surface area contributed by atoms with Gasteiger partial charge in [0.15, 0.2) is 0 Å². The molecule has 1 aromatic carbocycles. The van der Waals surface area contributed by atoms with Crippen LogP contribution in [0.25, 0.3) is 0 Å². The molecule has 0 radical (unpaired) electrons. The molecule has 0 spiro atoms. The zero-order valence-corrected chi connectivity index (χ0v) is 13.1. The zero-order valence-electron chi connectivity index (χ0n) is 10.1. The summed E-state index contributed by atoms with van der Waals surface area (Å²) in [4.78, 5) is 16.0. The molecule has 0 unspecified atom stereocenters. The molecule has 2 aromatic rings. The van der Waals surface area contributed by atoms with E-state index < -0.39 is 0 Å². The van der Waals surface area contributed by atoms with Crippen LogP contribution >= 0.6 is 34.2 Å². The average molecular weight is 390 g/mol. The van der Waals surface area contributed by atoms with Gasteiger partial charge >= 0.3 is 0 Å². The van der Waals surface area contributed by atoms with Crippen molar-refractivity contribution < 1.29 is 4.79 Å². The SMILES string of the molecule is O=C(NCCCn1ccnc1)c1cc(Cl)ccc1I. The molecule has 6 heteroatoms. The van der Waals surface area contributed by atoms with Gasteiger partial charge in [0.05, 0.1) is 11.9 Å². The van der Waals surface area contributed by atoms with Gasteiger partial charge in [-0.25, -0.2) is 4.98 Å². The highest BCUT2D eigenvalue weighted by molar-refractivity contribution is 14.1. The van der Waals surface area contributed by atoms with Crippen LogP contribution in [0.4, 0.5) is 0 Å². The van der Waals surface area contributed by atoms with Crippen molar-refractivity contribution in [1.82, 2.24) is 14.9 Å². The minimum atomic E-state index is -0.0856. The Labute approximate surface area is 130 Å². The number of nitrogens with one attached hydrogen (secondary N) is 1. The van der Waals surface area contributed by atoms with E-state index in [-0.39, 0.29) is 5.91 Å². The predicted molar refractivity (Wildman–Crippen MR) is 83.3 cm³/mol. The number of rotatable bonds is 5. The van der Waals surface area contributed by atoms with E-state index in [9.17, 15) is 4.79 Å². The highest BCUT2D eigenvalue weighted by atomic mass is 127. The Morgan fingerprint density at radius 1 is 1.47 bits per heavy atom. The average Bonchev–Trinajstić information content (AvgIpc) is 2.90. The van der Waals surface area contributed by atoms with E-state index in [4.69, 9.17) is 11.6 Å². The van der Waals surface area contributed by atoms with Crippen molar-refractivity contribution in [2.45, 2.75) is 13.0 Å². The number of benzene rings is 1. The fourth-order valence-corrected chi connectivity index (χ4v) is 2.40. The third kappa shape index (κ3) is 4.21. The summed E-state index contributed by atoms with van der Waals surface area (Å²) >= 11 is 8.03. The number of hydrogen-bond acceptors (Lipinski definition) is 2. The highest BCUT2D eigenvalue weighted by Gasteiger charge is 2.09. The number of halogens is 2. The number of amides is 1. The summed E-state index contributed by atoms with van der Waals surface area (Å²) < 4.78 is 2.88. The molecule has 0 bridgehead atoms. The van der Waals surface area contributed by atoms with E-state index in [1.807, 2.05) is 16.8 Å². The molecular weight excluding hydrogens is 377 g/mol. The lowest BCUT2D eigenvalue weighted by atomic mass is 10.2. The fourth-order valence-electron chi connectivity index (χ4n) is 1.65. The smallest absolute Gasteiger partial charge is 0.252 e. The topological polar surface area (TPSA) is 46.9 Å². The van der Waals surface area contributed by atoms with E-state index in [0.717, 1.165) is 16.5 Å². The standard InChI is InChI=1S/C13H13ClIN3O/c14-10-2-3-12(15)11(8-10)13(19)17-4-1-6-18-7-5-16-9-18/h2-3,5,7-9H,1,4,6H2,(H,17,19). The zero-order chi connectivity index (χ0) is 13.7. The van der Waals surface area contributed by atoms with Crippen LogP contribution in [-0.2, 0) is 6.54 Å². The first-order chi connectivity index (χ1) is 9.16. The van der Waals surface area contributed by atoms with Gasteiger partial charge in [-0.05, 0) is 47.2 Å². The molecule has 0 atom stereocenters. The Bertz CT molecular complexity index is 557. The molecule has 1 aromatic heterocycles. The van der Waals surface area contributed by atoms with Gasteiger partial charge < -0.3 is 9.88 Å². The van der Waals surface area contributed by atoms with E-state index in [0.29, 0.717) is 17.1 Å². The third-order valence-electron chi connectivity index (χ3n) is 2.61. The summed E-state index contributed by atoms with van der Waals surface area (Å²) in [6, 6.07) is 5.30. The van der Waals surface area contributed by atoms with Crippen LogP contribution in [0.2, 0.25) is 5.02 Å². The van der Waals surface area contributed by atoms with Crippen LogP contribution < -0.4 is 5.32 Å². The summed E-state index contributed by atoms with van der Waals surface area (Å²) in [5.74, 6) is -0.0856. The number of imidazole rings is 1. The van der Waals surface area contributed by atoms with Crippen LogP contribution in [0.3, 0.4) is 0 Å². The van der Waals surface area contributed by atoms with Gasteiger partial charge in [0, 0.05) is 34.1 Å². The first-order valence-electron chi connectivity index (χ1n) is 5.86. The number of carbonyl (C=O) groups is 1. The third-order valence-corrected chi connectivity index (χ3v) is 3.79. The minimum Gasteiger partial charge on any atom is -0.352 e. The Morgan fingerprint density at radius 2 is 2.32 bits per heavy atom. The van der Waals surface area contributed by atoms with Crippen LogP contribution in [0.1, 0.15) is 16.8 Å².